The molecule has 1 N–H and O–H groups in total. The highest BCUT2D eigenvalue weighted by Crippen LogP contribution is 2.33. The molecule has 2 amide bonds. The van der Waals surface area contributed by atoms with Crippen LogP contribution in [0.1, 0.15) is 29.5 Å². The lowest BCUT2D eigenvalue weighted by Gasteiger charge is -2.18. The molecule has 27 heavy (non-hydrogen) atoms. The second kappa shape index (κ2) is 6.40. The van der Waals surface area contributed by atoms with E-state index in [4.69, 9.17) is 0 Å². The van der Waals surface area contributed by atoms with Crippen LogP contribution in [0.5, 0.6) is 0 Å². The van der Waals surface area contributed by atoms with E-state index >= 15 is 0 Å². The largest absolute Gasteiger partial charge is 0.416 e. The van der Waals surface area contributed by atoms with Crippen LogP contribution in [-0.4, -0.2) is 17.9 Å². The van der Waals surface area contributed by atoms with Crippen molar-refractivity contribution >= 4 is 23.2 Å². The molecule has 7 heteroatoms. The number of imide groups is 1. The summed E-state index contributed by atoms with van der Waals surface area (Å²) >= 11 is 0. The number of aryl methyl sites for hydroxylation is 2. The van der Waals surface area contributed by atoms with Gasteiger partial charge in [0.15, 0.2) is 0 Å². The summed E-state index contributed by atoms with van der Waals surface area (Å²) in [4.78, 5) is 25.8. The summed E-state index contributed by atoms with van der Waals surface area (Å²) in [6.07, 6.45) is -1.50. The molecule has 1 aliphatic carbocycles. The summed E-state index contributed by atoms with van der Waals surface area (Å²) in [6.45, 7) is 0. The van der Waals surface area contributed by atoms with Gasteiger partial charge in [0.2, 0.25) is 5.91 Å². The molecule has 4 rings (SSSR count). The Labute approximate surface area is 154 Å². The highest BCUT2D eigenvalue weighted by atomic mass is 19.4. The van der Waals surface area contributed by atoms with Crippen molar-refractivity contribution in [2.45, 2.75) is 37.9 Å². The molecular weight excluding hydrogens is 357 g/mol. The van der Waals surface area contributed by atoms with E-state index in [2.05, 4.69) is 5.32 Å². The van der Waals surface area contributed by atoms with Crippen LogP contribution in [0.2, 0.25) is 0 Å². The molecule has 0 unspecified atom stereocenters. The topological polar surface area (TPSA) is 49.4 Å². The summed E-state index contributed by atoms with van der Waals surface area (Å²) in [5.74, 6) is -1.06. The van der Waals surface area contributed by atoms with Gasteiger partial charge in [-0.15, -0.1) is 0 Å². The first-order valence-corrected chi connectivity index (χ1v) is 8.75. The number of carbonyl (C=O) groups excluding carboxylic acids is 2. The molecule has 4 nitrogen and oxygen atoms in total. The van der Waals surface area contributed by atoms with Crippen molar-refractivity contribution in [1.29, 1.82) is 0 Å². The number of nitrogens with one attached hydrogen (secondary N) is 1. The molecular formula is C20H17F3N2O2. The van der Waals surface area contributed by atoms with Gasteiger partial charge in [0.1, 0.15) is 6.04 Å². The van der Waals surface area contributed by atoms with Crippen molar-refractivity contribution in [2.75, 3.05) is 10.2 Å². The zero-order valence-corrected chi connectivity index (χ0v) is 14.3. The molecule has 0 spiro atoms. The zero-order chi connectivity index (χ0) is 19.2. The molecule has 1 heterocycles. The Morgan fingerprint density at radius 1 is 1.00 bits per heavy atom. The number of rotatable bonds is 3. The van der Waals surface area contributed by atoms with Crippen LogP contribution in [-0.2, 0) is 28.6 Å². The predicted molar refractivity (Wildman–Crippen MR) is 94.4 cm³/mol. The van der Waals surface area contributed by atoms with E-state index in [0.29, 0.717) is 0 Å². The Kier molecular flexibility index (Phi) is 4.17. The van der Waals surface area contributed by atoms with E-state index in [-0.39, 0.29) is 12.1 Å². The normalized spacial score (nSPS) is 19.5. The zero-order valence-electron chi connectivity index (χ0n) is 14.3. The third-order valence-corrected chi connectivity index (χ3v) is 5.02. The van der Waals surface area contributed by atoms with Gasteiger partial charge in [-0.3, -0.25) is 9.59 Å². The monoisotopic (exact) mass is 374 g/mol. The molecule has 2 aromatic rings. The number of carbonyl (C=O) groups is 2. The summed E-state index contributed by atoms with van der Waals surface area (Å²) < 4.78 is 38.8. The molecule has 0 saturated carbocycles. The summed E-state index contributed by atoms with van der Waals surface area (Å²) in [6, 6.07) is 9.34. The van der Waals surface area contributed by atoms with Crippen LogP contribution in [0, 0.1) is 0 Å². The predicted octanol–water partition coefficient (Wildman–Crippen LogP) is 3.94. The van der Waals surface area contributed by atoms with Crippen LogP contribution in [0.15, 0.2) is 42.5 Å². The van der Waals surface area contributed by atoms with E-state index in [1.807, 2.05) is 18.2 Å². The minimum Gasteiger partial charge on any atom is -0.373 e. The lowest BCUT2D eigenvalue weighted by atomic mass is 10.1. The van der Waals surface area contributed by atoms with Crippen molar-refractivity contribution in [3.63, 3.8) is 0 Å². The van der Waals surface area contributed by atoms with Gasteiger partial charge in [0.05, 0.1) is 17.7 Å². The maximum atomic E-state index is 12.9. The first kappa shape index (κ1) is 17.6. The summed E-state index contributed by atoms with van der Waals surface area (Å²) in [5.41, 5.74) is 2.31. The van der Waals surface area contributed by atoms with Gasteiger partial charge in [-0.05, 0) is 60.7 Å². The Bertz CT molecular complexity index is 924. The van der Waals surface area contributed by atoms with Crippen molar-refractivity contribution in [3.8, 4) is 0 Å². The average molecular weight is 374 g/mol. The van der Waals surface area contributed by atoms with Crippen LogP contribution in [0.3, 0.4) is 0 Å². The van der Waals surface area contributed by atoms with Gasteiger partial charge in [-0.25, -0.2) is 4.90 Å². The molecule has 2 aliphatic rings. The maximum Gasteiger partial charge on any atom is 0.416 e. The summed E-state index contributed by atoms with van der Waals surface area (Å²) in [7, 11) is 0. The van der Waals surface area contributed by atoms with Gasteiger partial charge >= 0.3 is 6.18 Å². The number of halogens is 3. The Morgan fingerprint density at radius 2 is 1.78 bits per heavy atom. The standard InChI is InChI=1S/C20H17F3N2O2/c21-20(22,23)14-5-2-6-16(10-14)25-18(26)11-17(19(25)27)24-15-8-7-12-3-1-4-13(12)9-15/h2,5-10,17,24H,1,3-4,11H2/t17-/m1/s1. The highest BCUT2D eigenvalue weighted by Gasteiger charge is 2.40. The van der Waals surface area contributed by atoms with Crippen LogP contribution >= 0.6 is 0 Å². The highest BCUT2D eigenvalue weighted by molar-refractivity contribution is 6.23. The number of alkyl halides is 3. The van der Waals surface area contributed by atoms with E-state index in [1.165, 1.54) is 23.3 Å². The smallest absolute Gasteiger partial charge is 0.373 e. The first-order valence-electron chi connectivity index (χ1n) is 8.75. The SMILES string of the molecule is O=C1C[C@@H](Nc2ccc3c(c2)CCC3)C(=O)N1c1cccc(C(F)(F)F)c1. The number of anilines is 2. The average Bonchev–Trinajstić information content (AvgIpc) is 3.18. The van der Waals surface area contributed by atoms with Gasteiger partial charge in [-0.1, -0.05) is 12.1 Å². The second-order valence-corrected chi connectivity index (χ2v) is 6.85. The molecule has 1 fully saturated rings. The number of hydrogen-bond donors (Lipinski definition) is 1. The minimum atomic E-state index is -4.54. The van der Waals surface area contributed by atoms with E-state index < -0.39 is 29.6 Å². The third-order valence-electron chi connectivity index (χ3n) is 5.02. The van der Waals surface area contributed by atoms with Crippen molar-refractivity contribution in [3.05, 3.63) is 59.2 Å². The first-order chi connectivity index (χ1) is 12.8. The fraction of sp³-hybridized carbons (Fsp3) is 0.300. The number of hydrogen-bond acceptors (Lipinski definition) is 3. The van der Waals surface area contributed by atoms with Gasteiger partial charge in [0, 0.05) is 5.69 Å². The molecule has 140 valence electrons. The second-order valence-electron chi connectivity index (χ2n) is 6.85. The fourth-order valence-corrected chi connectivity index (χ4v) is 3.70. The molecule has 0 radical (unpaired) electrons. The van der Waals surface area contributed by atoms with Crippen molar-refractivity contribution in [1.82, 2.24) is 0 Å². The lowest BCUT2D eigenvalue weighted by molar-refractivity contribution is -0.137. The molecule has 1 saturated heterocycles. The molecule has 1 atom stereocenters. The Morgan fingerprint density at radius 3 is 2.56 bits per heavy atom. The molecule has 0 bridgehead atoms. The van der Waals surface area contributed by atoms with Gasteiger partial charge in [0.25, 0.3) is 5.91 Å². The fourth-order valence-electron chi connectivity index (χ4n) is 3.70. The van der Waals surface area contributed by atoms with Crippen molar-refractivity contribution in [2.24, 2.45) is 0 Å². The number of benzene rings is 2. The number of fused-ring (bicyclic) bond motifs is 1. The molecule has 1 aliphatic heterocycles. The Balaban J connectivity index is 1.56. The van der Waals surface area contributed by atoms with Crippen LogP contribution in [0.4, 0.5) is 24.5 Å². The molecule has 0 aromatic heterocycles. The number of amides is 2. The molecule has 2 aromatic carbocycles. The van der Waals surface area contributed by atoms with E-state index in [9.17, 15) is 22.8 Å². The third kappa shape index (κ3) is 3.29. The van der Waals surface area contributed by atoms with E-state index in [1.54, 1.807) is 0 Å². The number of nitrogens with zero attached hydrogens (tertiary/aromatic N) is 1. The van der Waals surface area contributed by atoms with Crippen LogP contribution in [0.25, 0.3) is 0 Å². The van der Waals surface area contributed by atoms with Gasteiger partial charge < -0.3 is 5.32 Å². The maximum absolute atomic E-state index is 12.9. The minimum absolute atomic E-state index is 0.0573. The summed E-state index contributed by atoms with van der Waals surface area (Å²) in [5, 5.41) is 3.06. The Hall–Kier alpha value is -2.83. The quantitative estimate of drug-likeness (QED) is 0.828. The van der Waals surface area contributed by atoms with Gasteiger partial charge in [-0.2, -0.15) is 13.2 Å². The van der Waals surface area contributed by atoms with Crippen LogP contribution < -0.4 is 10.2 Å². The van der Waals surface area contributed by atoms with E-state index in [0.717, 1.165) is 42.0 Å². The lowest BCUT2D eigenvalue weighted by Crippen LogP contribution is -2.35. The van der Waals surface area contributed by atoms with Crippen molar-refractivity contribution < 1.29 is 22.8 Å².